The number of halogens is 1. The highest BCUT2D eigenvalue weighted by Crippen LogP contribution is 2.19. The number of nitrogens with one attached hydrogen (secondary N) is 2. The molecule has 29 heavy (non-hydrogen) atoms. The Hall–Kier alpha value is -1.13. The molecule has 7 nitrogen and oxygen atoms in total. The molecule has 0 aromatic carbocycles. The van der Waals surface area contributed by atoms with E-state index in [9.17, 15) is 0 Å². The van der Waals surface area contributed by atoms with Crippen LogP contribution < -0.4 is 15.5 Å². The van der Waals surface area contributed by atoms with Gasteiger partial charge in [-0.05, 0) is 23.6 Å². The van der Waals surface area contributed by atoms with E-state index in [0.717, 1.165) is 51.2 Å². The number of hydrogen-bond donors (Lipinski definition) is 2. The molecule has 0 radical (unpaired) electrons. The minimum atomic E-state index is 0. The molecule has 1 saturated heterocycles. The van der Waals surface area contributed by atoms with Crippen molar-refractivity contribution in [2.24, 2.45) is 10.9 Å². The molecule has 1 fully saturated rings. The van der Waals surface area contributed by atoms with Crippen molar-refractivity contribution in [3.05, 3.63) is 23.9 Å². The lowest BCUT2D eigenvalue weighted by Crippen LogP contribution is -2.53. The zero-order valence-electron chi connectivity index (χ0n) is 18.6. The van der Waals surface area contributed by atoms with Crippen molar-refractivity contribution in [3.8, 4) is 0 Å². The second-order valence-electron chi connectivity index (χ2n) is 7.52. The first-order valence-corrected chi connectivity index (χ1v) is 10.5. The summed E-state index contributed by atoms with van der Waals surface area (Å²) in [4.78, 5) is 13.4. The maximum atomic E-state index is 5.55. The number of pyridine rings is 1. The van der Waals surface area contributed by atoms with Crippen LogP contribution in [0.1, 0.15) is 32.3 Å². The van der Waals surface area contributed by atoms with E-state index in [1.54, 1.807) is 0 Å². The largest absolute Gasteiger partial charge is 0.379 e. The fraction of sp³-hybridized carbons (Fsp3) is 0.714. The molecule has 8 heteroatoms. The minimum Gasteiger partial charge on any atom is -0.379 e. The van der Waals surface area contributed by atoms with E-state index >= 15 is 0 Å². The average Bonchev–Trinajstić information content (AvgIpc) is 2.74. The molecule has 2 N–H and O–H groups in total. The van der Waals surface area contributed by atoms with E-state index in [2.05, 4.69) is 45.4 Å². The number of anilines is 1. The fourth-order valence-corrected chi connectivity index (χ4v) is 3.76. The predicted molar refractivity (Wildman–Crippen MR) is 132 cm³/mol. The second kappa shape index (κ2) is 14.0. The first-order valence-electron chi connectivity index (χ1n) is 10.5. The summed E-state index contributed by atoms with van der Waals surface area (Å²) in [5.74, 6) is 2.47. The van der Waals surface area contributed by atoms with Crippen LogP contribution in [0.3, 0.4) is 0 Å². The van der Waals surface area contributed by atoms with Crippen LogP contribution in [0, 0.1) is 5.92 Å². The molecule has 1 aromatic heterocycles. The predicted octanol–water partition coefficient (Wildman–Crippen LogP) is 2.57. The van der Waals surface area contributed by atoms with Crippen LogP contribution in [0.4, 0.5) is 5.82 Å². The maximum absolute atomic E-state index is 5.55. The van der Waals surface area contributed by atoms with Crippen molar-refractivity contribution in [2.45, 2.75) is 39.3 Å². The van der Waals surface area contributed by atoms with Gasteiger partial charge >= 0.3 is 0 Å². The number of aliphatic imine (C=N–C) groups is 1. The fourth-order valence-electron chi connectivity index (χ4n) is 3.76. The third-order valence-corrected chi connectivity index (χ3v) is 5.54. The van der Waals surface area contributed by atoms with Crippen molar-refractivity contribution < 1.29 is 4.74 Å². The summed E-state index contributed by atoms with van der Waals surface area (Å²) in [6, 6.07) is 4.63. The number of nitrogens with zero attached hydrogens (tertiary/aromatic N) is 4. The smallest absolute Gasteiger partial charge is 0.191 e. The Bertz CT molecular complexity index is 603. The molecule has 1 aliphatic heterocycles. The van der Waals surface area contributed by atoms with Gasteiger partial charge in [0, 0.05) is 59.6 Å². The monoisotopic (exact) mass is 518 g/mol. The van der Waals surface area contributed by atoms with Crippen LogP contribution in [0.15, 0.2) is 23.3 Å². The average molecular weight is 518 g/mol. The number of ether oxygens (including phenoxy) is 1. The summed E-state index contributed by atoms with van der Waals surface area (Å²) in [6.07, 6.45) is 4.23. The quantitative estimate of drug-likeness (QED) is 0.298. The van der Waals surface area contributed by atoms with Gasteiger partial charge < -0.3 is 20.3 Å². The normalized spacial score (nSPS) is 16.3. The van der Waals surface area contributed by atoms with Crippen LogP contribution in [-0.2, 0) is 11.3 Å². The number of morpholine rings is 1. The molecular weight excluding hydrogens is 479 g/mol. The van der Waals surface area contributed by atoms with E-state index in [1.165, 1.54) is 18.4 Å². The Balaban J connectivity index is 0.00000420. The molecule has 0 saturated carbocycles. The zero-order chi connectivity index (χ0) is 20.4. The van der Waals surface area contributed by atoms with Crippen molar-refractivity contribution in [1.29, 1.82) is 0 Å². The van der Waals surface area contributed by atoms with E-state index < -0.39 is 0 Å². The van der Waals surface area contributed by atoms with Gasteiger partial charge in [-0.2, -0.15) is 0 Å². The van der Waals surface area contributed by atoms with Gasteiger partial charge in [0.2, 0.25) is 0 Å². The molecule has 1 aliphatic rings. The highest BCUT2D eigenvalue weighted by molar-refractivity contribution is 14.0. The van der Waals surface area contributed by atoms with Crippen LogP contribution in [0.5, 0.6) is 0 Å². The Morgan fingerprint density at radius 1 is 1.24 bits per heavy atom. The van der Waals surface area contributed by atoms with Gasteiger partial charge in [-0.15, -0.1) is 24.0 Å². The van der Waals surface area contributed by atoms with Crippen LogP contribution >= 0.6 is 24.0 Å². The number of hydrogen-bond acceptors (Lipinski definition) is 5. The molecule has 2 rings (SSSR count). The van der Waals surface area contributed by atoms with Gasteiger partial charge in [0.25, 0.3) is 0 Å². The van der Waals surface area contributed by atoms with Crippen molar-refractivity contribution in [1.82, 2.24) is 20.5 Å². The third-order valence-electron chi connectivity index (χ3n) is 5.54. The maximum Gasteiger partial charge on any atom is 0.191 e. The summed E-state index contributed by atoms with van der Waals surface area (Å²) in [5, 5.41) is 6.99. The molecular formula is C21H39IN6O. The first-order chi connectivity index (χ1) is 13.6. The molecule has 0 amide bonds. The van der Waals surface area contributed by atoms with Gasteiger partial charge in [-0.25, -0.2) is 4.98 Å². The number of aromatic nitrogens is 1. The highest BCUT2D eigenvalue weighted by Gasteiger charge is 2.26. The molecule has 0 bridgehead atoms. The highest BCUT2D eigenvalue weighted by atomic mass is 127. The van der Waals surface area contributed by atoms with Gasteiger partial charge in [-0.3, -0.25) is 9.89 Å². The van der Waals surface area contributed by atoms with Gasteiger partial charge in [0.15, 0.2) is 5.96 Å². The summed E-state index contributed by atoms with van der Waals surface area (Å²) >= 11 is 0. The Kier molecular flexibility index (Phi) is 12.5. The van der Waals surface area contributed by atoms with E-state index in [0.29, 0.717) is 12.0 Å². The Morgan fingerprint density at radius 2 is 1.93 bits per heavy atom. The van der Waals surface area contributed by atoms with Crippen molar-refractivity contribution >= 4 is 35.8 Å². The van der Waals surface area contributed by atoms with E-state index in [4.69, 9.17) is 4.74 Å². The number of rotatable bonds is 9. The lowest BCUT2D eigenvalue weighted by Gasteiger charge is -2.39. The molecule has 166 valence electrons. The summed E-state index contributed by atoms with van der Waals surface area (Å²) in [7, 11) is 5.83. The molecule has 1 unspecified atom stereocenters. The van der Waals surface area contributed by atoms with Gasteiger partial charge in [-0.1, -0.05) is 26.7 Å². The summed E-state index contributed by atoms with van der Waals surface area (Å²) in [5.41, 5.74) is 1.19. The number of guanidine groups is 1. The first kappa shape index (κ1) is 25.9. The minimum absolute atomic E-state index is 0. The standard InChI is InChI=1S/C21H38N6O.HI/c1-6-18(7-2)19(27-10-12-28-13-11-27)16-25-21(22-3)24-15-17-8-9-23-20(14-17)26(4)5;/h8-9,14,18-19H,6-7,10-13,15-16H2,1-5H3,(H2,22,24,25);1H. The SMILES string of the molecule is CCC(CC)C(CNC(=NC)NCc1ccnc(N(C)C)c1)N1CCOCC1.I. The van der Waals surface area contributed by atoms with Crippen molar-refractivity contribution in [3.63, 3.8) is 0 Å². The third kappa shape index (κ3) is 8.25. The second-order valence-corrected chi connectivity index (χ2v) is 7.52. The molecule has 2 heterocycles. The van der Waals surface area contributed by atoms with Gasteiger partial charge in [0.1, 0.15) is 5.82 Å². The zero-order valence-corrected chi connectivity index (χ0v) is 21.0. The summed E-state index contributed by atoms with van der Waals surface area (Å²) < 4.78 is 5.55. The summed E-state index contributed by atoms with van der Waals surface area (Å²) in [6.45, 7) is 9.89. The lowest BCUT2D eigenvalue weighted by molar-refractivity contribution is 0.00272. The lowest BCUT2D eigenvalue weighted by atomic mass is 9.92. The molecule has 1 atom stereocenters. The van der Waals surface area contributed by atoms with Crippen LogP contribution in [0.2, 0.25) is 0 Å². The molecule has 0 spiro atoms. The topological polar surface area (TPSA) is 65.0 Å². The Morgan fingerprint density at radius 3 is 2.52 bits per heavy atom. The Labute approximate surface area is 193 Å². The van der Waals surface area contributed by atoms with Crippen LogP contribution in [-0.4, -0.2) is 75.9 Å². The molecule has 1 aromatic rings. The van der Waals surface area contributed by atoms with Crippen molar-refractivity contribution in [2.75, 3.05) is 58.9 Å². The van der Waals surface area contributed by atoms with E-state index in [-0.39, 0.29) is 24.0 Å². The van der Waals surface area contributed by atoms with Crippen LogP contribution in [0.25, 0.3) is 0 Å². The van der Waals surface area contributed by atoms with E-state index in [1.807, 2.05) is 38.3 Å². The molecule has 0 aliphatic carbocycles. The van der Waals surface area contributed by atoms with Gasteiger partial charge in [0.05, 0.1) is 13.2 Å².